The summed E-state index contributed by atoms with van der Waals surface area (Å²) < 4.78 is 10.9. The minimum absolute atomic E-state index is 0.144. The number of benzene rings is 2. The van der Waals surface area contributed by atoms with Crippen LogP contribution in [-0.4, -0.2) is 17.5 Å². The van der Waals surface area contributed by atoms with E-state index in [1.54, 1.807) is 25.1 Å². The van der Waals surface area contributed by atoms with Gasteiger partial charge in [0.05, 0.1) is 6.61 Å². The number of nitrogens with zero attached hydrogens (tertiary/aromatic N) is 1. The van der Waals surface area contributed by atoms with Gasteiger partial charge in [-0.1, -0.05) is 0 Å². The van der Waals surface area contributed by atoms with E-state index in [1.807, 2.05) is 18.2 Å². The van der Waals surface area contributed by atoms with Crippen molar-refractivity contribution in [3.05, 3.63) is 53.4 Å². The van der Waals surface area contributed by atoms with Gasteiger partial charge in [-0.05, 0) is 42.0 Å². The Labute approximate surface area is 126 Å². The molecule has 5 heteroatoms. The van der Waals surface area contributed by atoms with Gasteiger partial charge in [-0.15, -0.1) is 0 Å². The molecule has 22 heavy (non-hydrogen) atoms. The molecule has 0 saturated heterocycles. The summed E-state index contributed by atoms with van der Waals surface area (Å²) in [5.74, 6) is 1.34. The van der Waals surface area contributed by atoms with Gasteiger partial charge in [-0.25, -0.2) is 4.98 Å². The molecule has 0 unspecified atom stereocenters. The maximum absolute atomic E-state index is 12.4. The summed E-state index contributed by atoms with van der Waals surface area (Å²) in [6, 6.07) is 10.9. The largest absolute Gasteiger partial charge is 0.493 e. The number of nitrogens with one attached hydrogen (secondary N) is 1. The van der Waals surface area contributed by atoms with Crippen molar-refractivity contribution in [2.45, 2.75) is 13.3 Å². The fourth-order valence-corrected chi connectivity index (χ4v) is 2.65. The van der Waals surface area contributed by atoms with Crippen LogP contribution in [-0.2, 0) is 6.42 Å². The van der Waals surface area contributed by atoms with Crippen molar-refractivity contribution in [1.82, 2.24) is 4.98 Å². The predicted octanol–water partition coefficient (Wildman–Crippen LogP) is 3.32. The van der Waals surface area contributed by atoms with Crippen molar-refractivity contribution in [1.29, 1.82) is 0 Å². The lowest BCUT2D eigenvalue weighted by molar-refractivity contribution is 0.102. The highest BCUT2D eigenvalue weighted by molar-refractivity contribution is 6.05. The van der Waals surface area contributed by atoms with E-state index in [4.69, 9.17) is 9.15 Å². The molecule has 1 aromatic heterocycles. The lowest BCUT2D eigenvalue weighted by atomic mass is 10.1. The van der Waals surface area contributed by atoms with E-state index in [-0.39, 0.29) is 5.91 Å². The van der Waals surface area contributed by atoms with Gasteiger partial charge in [-0.2, -0.15) is 0 Å². The third kappa shape index (κ3) is 2.20. The summed E-state index contributed by atoms with van der Waals surface area (Å²) in [6.07, 6.45) is 0.848. The van der Waals surface area contributed by atoms with Crippen LogP contribution in [0.2, 0.25) is 0 Å². The highest BCUT2D eigenvalue weighted by Gasteiger charge is 2.15. The molecule has 0 aliphatic carbocycles. The van der Waals surface area contributed by atoms with Crippen LogP contribution in [0.5, 0.6) is 5.75 Å². The summed E-state index contributed by atoms with van der Waals surface area (Å²) in [7, 11) is 0. The number of hydrogen-bond donors (Lipinski definition) is 1. The van der Waals surface area contributed by atoms with Crippen LogP contribution in [0.1, 0.15) is 21.8 Å². The van der Waals surface area contributed by atoms with Gasteiger partial charge in [0.2, 0.25) is 0 Å². The molecule has 0 bridgehead atoms. The van der Waals surface area contributed by atoms with E-state index in [2.05, 4.69) is 10.3 Å². The molecule has 2 aromatic carbocycles. The second kappa shape index (κ2) is 4.87. The Morgan fingerprint density at radius 2 is 2.14 bits per heavy atom. The number of carbonyl (C=O) groups is 1. The van der Waals surface area contributed by atoms with Gasteiger partial charge in [-0.3, -0.25) is 4.79 Å². The van der Waals surface area contributed by atoms with Crippen LogP contribution in [0.3, 0.4) is 0 Å². The number of anilines is 1. The van der Waals surface area contributed by atoms with Crippen LogP contribution in [0, 0.1) is 6.92 Å². The highest BCUT2D eigenvalue weighted by Crippen LogP contribution is 2.26. The SMILES string of the molecule is Cc1nc2cc(NC(=O)c3ccc4c(c3)CCO4)ccc2o1. The third-order valence-corrected chi connectivity index (χ3v) is 3.70. The van der Waals surface area contributed by atoms with Crippen molar-refractivity contribution >= 4 is 22.7 Å². The highest BCUT2D eigenvalue weighted by atomic mass is 16.5. The first-order valence-corrected chi connectivity index (χ1v) is 7.13. The van der Waals surface area contributed by atoms with Crippen LogP contribution in [0.25, 0.3) is 11.1 Å². The summed E-state index contributed by atoms with van der Waals surface area (Å²) >= 11 is 0. The van der Waals surface area contributed by atoms with Crippen LogP contribution in [0.4, 0.5) is 5.69 Å². The smallest absolute Gasteiger partial charge is 0.255 e. The number of fused-ring (bicyclic) bond motifs is 2. The van der Waals surface area contributed by atoms with Crippen molar-refractivity contribution in [3.8, 4) is 5.75 Å². The van der Waals surface area contributed by atoms with Crippen LogP contribution >= 0.6 is 0 Å². The second-order valence-electron chi connectivity index (χ2n) is 5.29. The van der Waals surface area contributed by atoms with E-state index in [0.717, 1.165) is 23.3 Å². The Bertz CT molecular complexity index is 883. The van der Waals surface area contributed by atoms with Crippen molar-refractivity contribution in [2.24, 2.45) is 0 Å². The van der Waals surface area contributed by atoms with Gasteiger partial charge < -0.3 is 14.5 Å². The average Bonchev–Trinajstić information content (AvgIpc) is 3.10. The molecule has 110 valence electrons. The first-order valence-electron chi connectivity index (χ1n) is 7.13. The number of oxazole rings is 1. The Balaban J connectivity index is 1.59. The summed E-state index contributed by atoms with van der Waals surface area (Å²) in [5, 5.41) is 2.89. The van der Waals surface area contributed by atoms with E-state index in [9.17, 15) is 4.79 Å². The average molecular weight is 294 g/mol. The quantitative estimate of drug-likeness (QED) is 0.787. The van der Waals surface area contributed by atoms with Gasteiger partial charge in [0.25, 0.3) is 5.91 Å². The number of aromatic nitrogens is 1. The number of carbonyl (C=O) groups excluding carboxylic acids is 1. The first kappa shape index (κ1) is 12.9. The molecule has 2 heterocycles. The van der Waals surface area contributed by atoms with Crippen molar-refractivity contribution in [2.75, 3.05) is 11.9 Å². The van der Waals surface area contributed by atoms with Crippen molar-refractivity contribution in [3.63, 3.8) is 0 Å². The van der Waals surface area contributed by atoms with Gasteiger partial charge >= 0.3 is 0 Å². The summed E-state index contributed by atoms with van der Waals surface area (Å²) in [5.41, 5.74) is 3.85. The topological polar surface area (TPSA) is 64.4 Å². The number of hydrogen-bond acceptors (Lipinski definition) is 4. The van der Waals surface area contributed by atoms with Gasteiger partial charge in [0.15, 0.2) is 11.5 Å². The minimum atomic E-state index is -0.144. The standard InChI is InChI=1S/C17H14N2O3/c1-10-18-14-9-13(3-5-16(14)22-10)19-17(20)12-2-4-15-11(8-12)6-7-21-15/h2-5,8-9H,6-7H2,1H3,(H,19,20). The van der Waals surface area contributed by atoms with Gasteiger partial charge in [0.1, 0.15) is 11.3 Å². The molecular formula is C17H14N2O3. The number of amides is 1. The van der Waals surface area contributed by atoms with E-state index in [1.165, 1.54) is 0 Å². The fourth-order valence-electron chi connectivity index (χ4n) is 2.65. The molecule has 1 aliphatic heterocycles. The van der Waals surface area contributed by atoms with E-state index >= 15 is 0 Å². The molecule has 5 nitrogen and oxygen atoms in total. The fraction of sp³-hybridized carbons (Fsp3) is 0.176. The summed E-state index contributed by atoms with van der Waals surface area (Å²) in [6.45, 7) is 2.48. The van der Waals surface area contributed by atoms with E-state index < -0.39 is 0 Å². The number of rotatable bonds is 2. The Morgan fingerprint density at radius 3 is 3.05 bits per heavy atom. The molecule has 3 aromatic rings. The molecular weight excluding hydrogens is 280 g/mol. The minimum Gasteiger partial charge on any atom is -0.493 e. The normalized spacial score (nSPS) is 13.0. The Kier molecular flexibility index (Phi) is 2.85. The lowest BCUT2D eigenvalue weighted by Gasteiger charge is -2.06. The molecule has 1 amide bonds. The second-order valence-corrected chi connectivity index (χ2v) is 5.29. The molecule has 0 atom stereocenters. The maximum atomic E-state index is 12.4. The predicted molar refractivity (Wildman–Crippen MR) is 82.3 cm³/mol. The molecule has 4 rings (SSSR count). The molecule has 0 fully saturated rings. The van der Waals surface area contributed by atoms with Crippen molar-refractivity contribution < 1.29 is 13.9 Å². The van der Waals surface area contributed by atoms with Gasteiger partial charge in [0, 0.05) is 24.6 Å². The van der Waals surface area contributed by atoms with Crippen LogP contribution < -0.4 is 10.1 Å². The zero-order valence-electron chi connectivity index (χ0n) is 12.1. The summed E-state index contributed by atoms with van der Waals surface area (Å²) in [4.78, 5) is 16.6. The molecule has 0 saturated carbocycles. The maximum Gasteiger partial charge on any atom is 0.255 e. The third-order valence-electron chi connectivity index (χ3n) is 3.70. The van der Waals surface area contributed by atoms with Crippen LogP contribution in [0.15, 0.2) is 40.8 Å². The number of ether oxygens (including phenoxy) is 1. The Hall–Kier alpha value is -2.82. The zero-order valence-corrected chi connectivity index (χ0v) is 12.1. The first-order chi connectivity index (χ1) is 10.7. The molecule has 1 aliphatic rings. The zero-order chi connectivity index (χ0) is 15.1. The monoisotopic (exact) mass is 294 g/mol. The molecule has 0 spiro atoms. The lowest BCUT2D eigenvalue weighted by Crippen LogP contribution is -2.11. The Morgan fingerprint density at radius 1 is 1.23 bits per heavy atom. The van der Waals surface area contributed by atoms with E-state index in [0.29, 0.717) is 29.3 Å². The molecule has 1 N–H and O–H groups in total. The molecule has 0 radical (unpaired) electrons. The number of aryl methyl sites for hydroxylation is 1.